The fourth-order valence-corrected chi connectivity index (χ4v) is 2.05. The van der Waals surface area contributed by atoms with Crippen molar-refractivity contribution in [3.8, 4) is 0 Å². The largest absolute Gasteiger partial charge is 0.257 e. The predicted octanol–water partition coefficient (Wildman–Crippen LogP) is 2.04. The minimum Gasteiger partial charge on any atom is -0.257 e. The standard InChI is InChI=1S/C4H3BrIN/c5-4-1-6-3-7-2-4/h1-3H. The van der Waals surface area contributed by atoms with Crippen LogP contribution in [0.5, 0.6) is 0 Å². The summed E-state index contributed by atoms with van der Waals surface area (Å²) in [5.41, 5.74) is 0. The first-order valence-electron chi connectivity index (χ1n) is 1.72. The molecule has 0 bridgehead atoms. The maximum Gasteiger partial charge on any atom is 0.0597 e. The van der Waals surface area contributed by atoms with Gasteiger partial charge in [0.15, 0.2) is 0 Å². The summed E-state index contributed by atoms with van der Waals surface area (Å²) in [4.78, 5) is 3.94. The second kappa shape index (κ2) is 2.71. The molecule has 0 amide bonds. The van der Waals surface area contributed by atoms with E-state index in [1.165, 1.54) is 0 Å². The lowest BCUT2D eigenvalue weighted by Gasteiger charge is -1.85. The number of hydrogen-bond donors (Lipinski definition) is 0. The van der Waals surface area contributed by atoms with Crippen LogP contribution in [-0.4, -0.2) is 10.4 Å². The zero-order valence-corrected chi connectivity index (χ0v) is 7.18. The van der Waals surface area contributed by atoms with Gasteiger partial charge < -0.3 is 0 Å². The molecule has 0 spiro atoms. The third kappa shape index (κ3) is 1.82. The Labute approximate surface area is 60.4 Å². The van der Waals surface area contributed by atoms with Gasteiger partial charge in [0, 0.05) is 10.7 Å². The molecule has 0 unspecified atom stereocenters. The molecule has 0 atom stereocenters. The van der Waals surface area contributed by atoms with Gasteiger partial charge in [-0.3, -0.25) is 4.99 Å². The molecule has 1 aliphatic rings. The summed E-state index contributed by atoms with van der Waals surface area (Å²) < 4.78 is 5.28. The molecule has 1 heterocycles. The SMILES string of the molecule is BrC1=CI=CN=C1. The first-order chi connectivity index (χ1) is 3.39. The Morgan fingerprint density at radius 2 is 2.57 bits per heavy atom. The highest BCUT2D eigenvalue weighted by atomic mass is 127. The molecule has 3 heteroatoms. The quantitative estimate of drug-likeness (QED) is 0.598. The van der Waals surface area contributed by atoms with Gasteiger partial charge in [0.05, 0.1) is 4.14 Å². The molecular formula is C4H3BrIN. The van der Waals surface area contributed by atoms with E-state index in [0.717, 1.165) is 4.48 Å². The Hall–Kier alpha value is 0.490. The second-order valence-electron chi connectivity index (χ2n) is 0.996. The molecule has 0 radical (unpaired) electrons. The van der Waals surface area contributed by atoms with Crippen molar-refractivity contribution in [2.45, 2.75) is 0 Å². The first-order valence-corrected chi connectivity index (χ1v) is 5.00. The van der Waals surface area contributed by atoms with Crippen LogP contribution in [0.25, 0.3) is 0 Å². The van der Waals surface area contributed by atoms with Gasteiger partial charge in [0.25, 0.3) is 0 Å². The monoisotopic (exact) mass is 271 g/mol. The summed E-state index contributed by atoms with van der Waals surface area (Å²) in [6, 6.07) is 0. The van der Waals surface area contributed by atoms with Gasteiger partial charge in [-0.15, -0.1) is 0 Å². The van der Waals surface area contributed by atoms with Crippen molar-refractivity contribution in [2.24, 2.45) is 4.99 Å². The van der Waals surface area contributed by atoms with Crippen molar-refractivity contribution in [3.05, 3.63) is 8.57 Å². The Morgan fingerprint density at radius 1 is 1.71 bits per heavy atom. The van der Waals surface area contributed by atoms with Crippen molar-refractivity contribution in [1.82, 2.24) is 0 Å². The Bertz CT molecular complexity index is 148. The third-order valence-corrected chi connectivity index (χ3v) is 3.44. The van der Waals surface area contributed by atoms with E-state index in [-0.39, 0.29) is 20.7 Å². The van der Waals surface area contributed by atoms with Crippen molar-refractivity contribution in [1.29, 1.82) is 0 Å². The summed E-state index contributed by atoms with van der Waals surface area (Å²) in [5.74, 6) is 0. The van der Waals surface area contributed by atoms with Crippen molar-refractivity contribution in [3.63, 3.8) is 0 Å². The van der Waals surface area contributed by atoms with Crippen LogP contribution in [-0.2, 0) is 0 Å². The van der Waals surface area contributed by atoms with E-state index in [0.29, 0.717) is 0 Å². The molecule has 0 saturated heterocycles. The number of allylic oxidation sites excluding steroid dienone is 1. The van der Waals surface area contributed by atoms with Crippen LogP contribution in [0, 0.1) is 0 Å². The molecule has 0 aromatic heterocycles. The predicted molar refractivity (Wildman–Crippen MR) is 45.6 cm³/mol. The van der Waals surface area contributed by atoms with Gasteiger partial charge in [-0.1, -0.05) is 20.7 Å². The molecule has 0 fully saturated rings. The van der Waals surface area contributed by atoms with E-state index in [9.17, 15) is 0 Å². The fourth-order valence-electron chi connectivity index (χ4n) is 0.248. The molecule has 0 aromatic carbocycles. The summed E-state index contributed by atoms with van der Waals surface area (Å²) in [5, 5.41) is 0. The number of aliphatic imine (C=N–C) groups is 1. The summed E-state index contributed by atoms with van der Waals surface area (Å²) in [6.07, 6.45) is 1.81. The van der Waals surface area contributed by atoms with Gasteiger partial charge in [0.2, 0.25) is 0 Å². The zero-order chi connectivity index (χ0) is 5.11. The van der Waals surface area contributed by atoms with E-state index >= 15 is 0 Å². The Kier molecular flexibility index (Phi) is 2.18. The van der Waals surface area contributed by atoms with Crippen LogP contribution in [0.4, 0.5) is 0 Å². The molecule has 0 aromatic rings. The van der Waals surface area contributed by atoms with Crippen molar-refractivity contribution in [2.75, 3.05) is 0 Å². The van der Waals surface area contributed by atoms with Crippen molar-refractivity contribution >= 4 is 47.0 Å². The molecule has 0 aliphatic carbocycles. The Balaban J connectivity index is 2.82. The summed E-state index contributed by atoms with van der Waals surface area (Å²) >= 11 is 3.45. The lowest BCUT2D eigenvalue weighted by Crippen LogP contribution is -1.73. The van der Waals surface area contributed by atoms with Gasteiger partial charge >= 0.3 is 0 Å². The molecule has 0 saturated carbocycles. The van der Waals surface area contributed by atoms with Crippen LogP contribution in [0.2, 0.25) is 0 Å². The van der Waals surface area contributed by atoms with E-state index in [1.807, 2.05) is 10.4 Å². The molecular weight excluding hydrogens is 269 g/mol. The van der Waals surface area contributed by atoms with Gasteiger partial charge in [-0.05, 0) is 20.0 Å². The Morgan fingerprint density at radius 3 is 2.86 bits per heavy atom. The summed E-state index contributed by atoms with van der Waals surface area (Å²) in [6.45, 7) is 0. The maximum absolute atomic E-state index is 3.94. The zero-order valence-electron chi connectivity index (χ0n) is 3.44. The van der Waals surface area contributed by atoms with Crippen LogP contribution >= 0.6 is 36.7 Å². The molecule has 38 valence electrons. The number of halogens is 2. The third-order valence-electron chi connectivity index (χ3n) is 0.478. The lowest BCUT2D eigenvalue weighted by atomic mass is 10.7. The molecule has 7 heavy (non-hydrogen) atoms. The van der Waals surface area contributed by atoms with Gasteiger partial charge in [-0.2, -0.15) is 0 Å². The minimum absolute atomic E-state index is 0.143. The second-order valence-corrected chi connectivity index (χ2v) is 3.81. The first kappa shape index (κ1) is 5.62. The smallest absolute Gasteiger partial charge is 0.0597 e. The number of hydrogen-bond acceptors (Lipinski definition) is 1. The fraction of sp³-hybridized carbons (Fsp3) is 0. The highest BCUT2D eigenvalue weighted by Crippen LogP contribution is 2.11. The van der Waals surface area contributed by atoms with Crippen molar-refractivity contribution < 1.29 is 0 Å². The van der Waals surface area contributed by atoms with Crippen LogP contribution in [0.1, 0.15) is 0 Å². The van der Waals surface area contributed by atoms with E-state index in [4.69, 9.17) is 0 Å². The molecule has 1 aliphatic heterocycles. The molecule has 1 rings (SSSR count). The highest BCUT2D eigenvalue weighted by molar-refractivity contribution is 14.2. The normalized spacial score (nSPS) is 18.1. The van der Waals surface area contributed by atoms with Gasteiger partial charge in [0.1, 0.15) is 0 Å². The number of nitrogens with zero attached hydrogens (tertiary/aromatic N) is 1. The van der Waals surface area contributed by atoms with Crippen LogP contribution < -0.4 is 0 Å². The van der Waals surface area contributed by atoms with E-state index in [2.05, 4.69) is 25.0 Å². The maximum atomic E-state index is 3.94. The van der Waals surface area contributed by atoms with Crippen LogP contribution in [0.3, 0.4) is 0 Å². The molecule has 0 N–H and O–H groups in total. The van der Waals surface area contributed by atoms with Gasteiger partial charge in [-0.25, -0.2) is 0 Å². The average molecular weight is 272 g/mol. The molecule has 1 nitrogen and oxygen atoms in total. The van der Waals surface area contributed by atoms with E-state index in [1.54, 1.807) is 0 Å². The van der Waals surface area contributed by atoms with E-state index < -0.39 is 0 Å². The lowest BCUT2D eigenvalue weighted by molar-refractivity contribution is 1.88. The topological polar surface area (TPSA) is 12.4 Å². The average Bonchev–Trinajstić information content (AvgIpc) is 1.69. The summed E-state index contributed by atoms with van der Waals surface area (Å²) in [7, 11) is 0. The van der Waals surface area contributed by atoms with Crippen LogP contribution in [0.15, 0.2) is 13.6 Å². The highest BCUT2D eigenvalue weighted by Gasteiger charge is 1.83. The minimum atomic E-state index is 0.143. The number of rotatable bonds is 0.